The fourth-order valence-corrected chi connectivity index (χ4v) is 3.42. The lowest BCUT2D eigenvalue weighted by Gasteiger charge is -2.31. The van der Waals surface area contributed by atoms with Gasteiger partial charge < -0.3 is 10.0 Å². The molecule has 6 nitrogen and oxygen atoms in total. The fraction of sp³-hybridized carbons (Fsp3) is 0.429. The van der Waals surface area contributed by atoms with Crippen LogP contribution in [0, 0.1) is 0 Å². The second kappa shape index (κ2) is 3.96. The number of aromatic amines is 1. The summed E-state index contributed by atoms with van der Waals surface area (Å²) < 4.78 is 0. The average molecular weight is 272 g/mol. The highest BCUT2D eigenvalue weighted by molar-refractivity contribution is 6.05. The zero-order valence-electron chi connectivity index (χ0n) is 11.2. The molecule has 0 unspecified atom stereocenters. The lowest BCUT2D eigenvalue weighted by molar-refractivity contribution is 0.0646. The number of fused-ring (bicyclic) bond motifs is 3. The summed E-state index contributed by atoms with van der Waals surface area (Å²) in [4.78, 5) is 16.9. The van der Waals surface area contributed by atoms with Gasteiger partial charge in [0.15, 0.2) is 5.69 Å². The summed E-state index contributed by atoms with van der Waals surface area (Å²) in [7, 11) is 2.11. The Morgan fingerprint density at radius 1 is 1.40 bits per heavy atom. The van der Waals surface area contributed by atoms with Gasteiger partial charge in [0.2, 0.25) is 0 Å². The second-order valence-corrected chi connectivity index (χ2v) is 5.74. The van der Waals surface area contributed by atoms with Gasteiger partial charge in [-0.1, -0.05) is 0 Å². The van der Waals surface area contributed by atoms with E-state index in [2.05, 4.69) is 22.1 Å². The summed E-state index contributed by atoms with van der Waals surface area (Å²) in [5, 5.41) is 17.3. The number of phenols is 1. The Morgan fingerprint density at radius 2 is 2.25 bits per heavy atom. The lowest BCUT2D eigenvalue weighted by Crippen LogP contribution is -2.47. The number of phenolic OH excluding ortho intramolecular Hbond substituents is 1. The number of benzene rings is 1. The van der Waals surface area contributed by atoms with Gasteiger partial charge >= 0.3 is 0 Å². The van der Waals surface area contributed by atoms with Crippen molar-refractivity contribution < 1.29 is 9.90 Å². The molecule has 6 heteroatoms. The van der Waals surface area contributed by atoms with Crippen LogP contribution in [0.3, 0.4) is 0 Å². The van der Waals surface area contributed by atoms with Crippen molar-refractivity contribution >= 4 is 16.8 Å². The predicted octanol–water partition coefficient (Wildman–Crippen LogP) is 0.797. The van der Waals surface area contributed by atoms with E-state index in [9.17, 15) is 9.90 Å². The van der Waals surface area contributed by atoms with Crippen LogP contribution in [0.1, 0.15) is 16.9 Å². The SMILES string of the molecule is CN1C[C@@H]2C[C@H]1CN2C(=O)c1n[nH]c2ccc(O)cc12. The van der Waals surface area contributed by atoms with Crippen LogP contribution in [0.5, 0.6) is 5.75 Å². The highest BCUT2D eigenvalue weighted by atomic mass is 16.3. The molecule has 3 heterocycles. The third kappa shape index (κ3) is 1.54. The summed E-state index contributed by atoms with van der Waals surface area (Å²) in [6, 6.07) is 5.68. The van der Waals surface area contributed by atoms with Crippen LogP contribution >= 0.6 is 0 Å². The molecule has 0 radical (unpaired) electrons. The Labute approximate surface area is 116 Å². The Bertz CT molecular complexity index is 694. The van der Waals surface area contributed by atoms with Crippen molar-refractivity contribution in [3.63, 3.8) is 0 Å². The van der Waals surface area contributed by atoms with E-state index in [4.69, 9.17) is 0 Å². The molecule has 20 heavy (non-hydrogen) atoms. The Balaban J connectivity index is 1.70. The van der Waals surface area contributed by atoms with Gasteiger partial charge in [0.05, 0.1) is 5.52 Å². The van der Waals surface area contributed by atoms with E-state index in [1.165, 1.54) is 0 Å². The summed E-state index contributed by atoms with van der Waals surface area (Å²) in [5.41, 5.74) is 1.18. The number of hydrogen-bond acceptors (Lipinski definition) is 4. The molecule has 1 aromatic heterocycles. The summed E-state index contributed by atoms with van der Waals surface area (Å²) >= 11 is 0. The number of amides is 1. The monoisotopic (exact) mass is 272 g/mol. The van der Waals surface area contributed by atoms with E-state index >= 15 is 0 Å². The van der Waals surface area contributed by atoms with Crippen LogP contribution in [0.2, 0.25) is 0 Å². The molecular weight excluding hydrogens is 256 g/mol. The van der Waals surface area contributed by atoms with Crippen molar-refractivity contribution in [2.24, 2.45) is 0 Å². The topological polar surface area (TPSA) is 72.5 Å². The average Bonchev–Trinajstić information content (AvgIpc) is 3.09. The fourth-order valence-electron chi connectivity index (χ4n) is 3.42. The molecule has 2 saturated heterocycles. The third-order valence-electron chi connectivity index (χ3n) is 4.52. The molecule has 2 N–H and O–H groups in total. The van der Waals surface area contributed by atoms with Gasteiger partial charge in [-0.2, -0.15) is 5.10 Å². The second-order valence-electron chi connectivity index (χ2n) is 5.74. The van der Waals surface area contributed by atoms with Crippen LogP contribution in [0.15, 0.2) is 18.2 Å². The van der Waals surface area contributed by atoms with Crippen molar-refractivity contribution in [1.29, 1.82) is 0 Å². The number of hydrogen-bond donors (Lipinski definition) is 2. The zero-order valence-corrected chi connectivity index (χ0v) is 11.2. The first-order valence-electron chi connectivity index (χ1n) is 6.82. The first-order valence-corrected chi connectivity index (χ1v) is 6.82. The van der Waals surface area contributed by atoms with Crippen molar-refractivity contribution in [2.45, 2.75) is 18.5 Å². The third-order valence-corrected chi connectivity index (χ3v) is 4.52. The van der Waals surface area contributed by atoms with Crippen molar-refractivity contribution in [1.82, 2.24) is 20.0 Å². The molecule has 1 aromatic carbocycles. The molecule has 2 atom stereocenters. The summed E-state index contributed by atoms with van der Waals surface area (Å²) in [6.45, 7) is 1.71. The zero-order chi connectivity index (χ0) is 13.9. The normalized spacial score (nSPS) is 25.8. The molecule has 0 saturated carbocycles. The summed E-state index contributed by atoms with van der Waals surface area (Å²) in [6.07, 6.45) is 1.05. The first kappa shape index (κ1) is 11.7. The number of nitrogens with zero attached hydrogens (tertiary/aromatic N) is 3. The minimum atomic E-state index is -0.0394. The van der Waals surface area contributed by atoms with Crippen LogP contribution < -0.4 is 0 Å². The number of piperazine rings is 1. The molecule has 2 aliphatic rings. The Morgan fingerprint density at radius 3 is 2.95 bits per heavy atom. The molecule has 2 aromatic rings. The van der Waals surface area contributed by atoms with E-state index in [1.807, 2.05) is 4.90 Å². The maximum Gasteiger partial charge on any atom is 0.275 e. The number of likely N-dealkylation sites (tertiary alicyclic amines) is 2. The molecule has 1 amide bonds. The maximum absolute atomic E-state index is 12.7. The molecule has 104 valence electrons. The number of carbonyl (C=O) groups is 1. The van der Waals surface area contributed by atoms with Gasteiger partial charge in [-0.25, -0.2) is 0 Å². The predicted molar refractivity (Wildman–Crippen MR) is 73.6 cm³/mol. The smallest absolute Gasteiger partial charge is 0.275 e. The quantitative estimate of drug-likeness (QED) is 0.805. The van der Waals surface area contributed by atoms with Gasteiger partial charge in [-0.05, 0) is 31.7 Å². The van der Waals surface area contributed by atoms with Crippen molar-refractivity contribution in [2.75, 3.05) is 20.1 Å². The summed E-state index contributed by atoms with van der Waals surface area (Å²) in [5.74, 6) is 0.109. The van der Waals surface area contributed by atoms with Gasteiger partial charge in [0.25, 0.3) is 5.91 Å². The van der Waals surface area contributed by atoms with Crippen LogP contribution in [0.25, 0.3) is 10.9 Å². The number of carbonyl (C=O) groups excluding carboxylic acids is 1. The van der Waals surface area contributed by atoms with Gasteiger partial charge in [-0.3, -0.25) is 14.8 Å². The maximum atomic E-state index is 12.7. The van der Waals surface area contributed by atoms with Crippen molar-refractivity contribution in [3.8, 4) is 5.75 Å². The molecule has 0 aliphatic carbocycles. The van der Waals surface area contributed by atoms with Crippen molar-refractivity contribution in [3.05, 3.63) is 23.9 Å². The van der Waals surface area contributed by atoms with Crippen LogP contribution in [-0.2, 0) is 0 Å². The van der Waals surface area contributed by atoms with E-state index in [0.29, 0.717) is 23.2 Å². The molecule has 2 fully saturated rings. The number of likely N-dealkylation sites (N-methyl/N-ethyl adjacent to an activating group) is 1. The Kier molecular flexibility index (Phi) is 2.32. The molecule has 2 bridgehead atoms. The Hall–Kier alpha value is -2.08. The van der Waals surface area contributed by atoms with Crippen LogP contribution in [0.4, 0.5) is 0 Å². The minimum Gasteiger partial charge on any atom is -0.508 e. The minimum absolute atomic E-state index is 0.0394. The highest BCUT2D eigenvalue weighted by Crippen LogP contribution is 2.31. The van der Waals surface area contributed by atoms with E-state index in [0.717, 1.165) is 25.0 Å². The standard InChI is InChI=1S/C14H16N4O2/c1-17-6-9-4-8(17)7-18(9)14(20)13-11-5-10(19)2-3-12(11)15-16-13/h2-3,5,8-9,19H,4,6-7H2,1H3,(H,15,16)/t8-,9-/m0/s1. The van der Waals surface area contributed by atoms with E-state index in [-0.39, 0.29) is 11.7 Å². The number of aromatic nitrogens is 2. The molecule has 4 rings (SSSR count). The van der Waals surface area contributed by atoms with Gasteiger partial charge in [-0.15, -0.1) is 0 Å². The highest BCUT2D eigenvalue weighted by Gasteiger charge is 2.44. The van der Waals surface area contributed by atoms with Gasteiger partial charge in [0, 0.05) is 30.6 Å². The van der Waals surface area contributed by atoms with E-state index < -0.39 is 0 Å². The number of rotatable bonds is 1. The molecule has 2 aliphatic heterocycles. The number of aromatic hydroxyl groups is 1. The number of H-pyrrole nitrogens is 1. The van der Waals surface area contributed by atoms with Crippen LogP contribution in [-0.4, -0.2) is 63.2 Å². The molecular formula is C14H16N4O2. The lowest BCUT2D eigenvalue weighted by atomic mass is 10.1. The van der Waals surface area contributed by atoms with E-state index in [1.54, 1.807) is 18.2 Å². The van der Waals surface area contributed by atoms with Gasteiger partial charge in [0.1, 0.15) is 5.75 Å². The first-order chi connectivity index (χ1) is 9.63. The largest absolute Gasteiger partial charge is 0.508 e. The number of nitrogens with one attached hydrogen (secondary N) is 1. The molecule has 0 spiro atoms.